The maximum absolute atomic E-state index is 11.4. The fraction of sp³-hybridized carbons (Fsp3) is 0.333. The number of piperidine rings is 1. The summed E-state index contributed by atoms with van der Waals surface area (Å²) in [6, 6.07) is 14.9. The average Bonchev–Trinajstić information content (AvgIpc) is 3.16. The molecule has 7 heteroatoms. The number of carbonyl (C=O) groups is 1. The molecule has 2 heterocycles. The summed E-state index contributed by atoms with van der Waals surface area (Å²) in [5.41, 5.74) is 3.30. The lowest BCUT2D eigenvalue weighted by atomic mass is 9.90. The summed E-state index contributed by atoms with van der Waals surface area (Å²) in [6.45, 7) is 3.76. The van der Waals surface area contributed by atoms with Gasteiger partial charge in [-0.05, 0) is 50.1 Å². The van der Waals surface area contributed by atoms with Crippen LogP contribution in [0.1, 0.15) is 39.9 Å². The Morgan fingerprint density at radius 1 is 1.29 bits per heavy atom. The van der Waals surface area contributed by atoms with Crippen LogP contribution in [0.3, 0.4) is 0 Å². The molecule has 0 spiro atoms. The highest BCUT2D eigenvalue weighted by Gasteiger charge is 2.31. The van der Waals surface area contributed by atoms with Gasteiger partial charge in [0.25, 0.3) is 0 Å². The van der Waals surface area contributed by atoms with Crippen LogP contribution in [0.25, 0.3) is 10.6 Å². The smallest absolute Gasteiger partial charge is 0.335 e. The second-order valence-corrected chi connectivity index (χ2v) is 9.30. The summed E-state index contributed by atoms with van der Waals surface area (Å²) in [6.07, 6.45) is 2.04. The minimum absolute atomic E-state index is 0.0518. The third-order valence-corrected chi connectivity index (χ3v) is 7.30. The van der Waals surface area contributed by atoms with E-state index in [1.807, 2.05) is 43.3 Å². The molecule has 0 aliphatic carbocycles. The molecule has 31 heavy (non-hydrogen) atoms. The van der Waals surface area contributed by atoms with Gasteiger partial charge < -0.3 is 14.7 Å². The minimum Gasteiger partial charge on any atom is -0.478 e. The Hall–Kier alpha value is -2.41. The standard InChI is InChI=1S/C24H25ClN2O3S/c1-15-22(31-23(26-15)16-8-10-19(25)11-9-16)21(30-2)18-6-4-12-27(14-18)20-7-3-5-17(13-20)24(28)29/h3,5,7-11,13,18,21H,4,6,12,14H2,1-2H3,(H,28,29)/t18?,21-/m1/s1. The maximum atomic E-state index is 11.4. The molecule has 5 nitrogen and oxygen atoms in total. The van der Waals surface area contributed by atoms with Crippen LogP contribution in [0.4, 0.5) is 5.69 Å². The SMILES string of the molecule is CO[C@@H](c1sc(-c2ccc(Cl)cc2)nc1C)C1CCCN(c2cccc(C(=O)O)c2)C1. The summed E-state index contributed by atoms with van der Waals surface area (Å²) in [5.74, 6) is -0.607. The Bertz CT molecular complexity index is 1070. The summed E-state index contributed by atoms with van der Waals surface area (Å²) in [4.78, 5) is 19.6. The van der Waals surface area contributed by atoms with Gasteiger partial charge in [0.05, 0.1) is 22.2 Å². The molecule has 1 fully saturated rings. The first kappa shape index (κ1) is 21.8. The number of rotatable bonds is 6. The van der Waals surface area contributed by atoms with Gasteiger partial charge >= 0.3 is 5.97 Å². The van der Waals surface area contributed by atoms with Gasteiger partial charge in [0.1, 0.15) is 5.01 Å². The predicted molar refractivity (Wildman–Crippen MR) is 125 cm³/mol. The van der Waals surface area contributed by atoms with E-state index in [1.165, 1.54) is 0 Å². The summed E-state index contributed by atoms with van der Waals surface area (Å²) in [5, 5.41) is 11.0. The van der Waals surface area contributed by atoms with Crippen molar-refractivity contribution in [2.24, 2.45) is 5.92 Å². The highest BCUT2D eigenvalue weighted by atomic mass is 35.5. The topological polar surface area (TPSA) is 62.7 Å². The summed E-state index contributed by atoms with van der Waals surface area (Å²) >= 11 is 7.70. The van der Waals surface area contributed by atoms with Crippen LogP contribution in [0.5, 0.6) is 0 Å². The van der Waals surface area contributed by atoms with E-state index in [0.717, 1.165) is 52.8 Å². The second-order valence-electron chi connectivity index (χ2n) is 7.84. The molecule has 1 aliphatic heterocycles. The molecular formula is C24H25ClN2O3S. The zero-order chi connectivity index (χ0) is 22.0. The summed E-state index contributed by atoms with van der Waals surface area (Å²) in [7, 11) is 1.76. The molecule has 0 bridgehead atoms. The van der Waals surface area contributed by atoms with Gasteiger partial charge in [0.15, 0.2) is 0 Å². The molecule has 1 aromatic heterocycles. The molecule has 0 amide bonds. The van der Waals surface area contributed by atoms with Gasteiger partial charge in [-0.2, -0.15) is 0 Å². The number of aryl methyl sites for hydroxylation is 1. The van der Waals surface area contributed by atoms with Gasteiger partial charge in [0, 0.05) is 42.4 Å². The number of carboxylic acids is 1. The summed E-state index contributed by atoms with van der Waals surface area (Å²) < 4.78 is 6.00. The van der Waals surface area contributed by atoms with Crippen LogP contribution in [0, 0.1) is 12.8 Å². The molecule has 1 unspecified atom stereocenters. The van der Waals surface area contributed by atoms with Crippen molar-refractivity contribution < 1.29 is 14.6 Å². The zero-order valence-corrected chi connectivity index (χ0v) is 19.1. The van der Waals surface area contributed by atoms with Gasteiger partial charge in [-0.1, -0.05) is 29.8 Å². The van der Waals surface area contributed by atoms with Crippen LogP contribution in [0.15, 0.2) is 48.5 Å². The van der Waals surface area contributed by atoms with Crippen molar-refractivity contribution in [3.63, 3.8) is 0 Å². The van der Waals surface area contributed by atoms with Crippen LogP contribution in [0.2, 0.25) is 5.02 Å². The van der Waals surface area contributed by atoms with Crippen LogP contribution in [-0.2, 0) is 4.74 Å². The molecule has 0 saturated carbocycles. The molecule has 2 atom stereocenters. The molecule has 1 saturated heterocycles. The van der Waals surface area contributed by atoms with Crippen molar-refractivity contribution in [2.45, 2.75) is 25.9 Å². The van der Waals surface area contributed by atoms with E-state index in [2.05, 4.69) is 4.90 Å². The van der Waals surface area contributed by atoms with E-state index in [1.54, 1.807) is 30.6 Å². The van der Waals surface area contributed by atoms with Gasteiger partial charge in [-0.3, -0.25) is 0 Å². The maximum Gasteiger partial charge on any atom is 0.335 e. The zero-order valence-electron chi connectivity index (χ0n) is 17.5. The lowest BCUT2D eigenvalue weighted by molar-refractivity contribution is 0.0470. The third kappa shape index (κ3) is 4.76. The molecule has 0 radical (unpaired) electrons. The fourth-order valence-corrected chi connectivity index (χ4v) is 5.60. The van der Waals surface area contributed by atoms with Crippen molar-refractivity contribution >= 4 is 34.6 Å². The van der Waals surface area contributed by atoms with Crippen LogP contribution in [-0.4, -0.2) is 36.3 Å². The van der Waals surface area contributed by atoms with E-state index in [9.17, 15) is 9.90 Å². The number of aromatic carboxylic acids is 1. The highest BCUT2D eigenvalue weighted by Crippen LogP contribution is 2.40. The molecule has 162 valence electrons. The number of nitrogens with zero attached hydrogens (tertiary/aromatic N) is 2. The number of halogens is 1. The molecule has 4 rings (SSSR count). The number of ether oxygens (including phenoxy) is 1. The molecule has 1 N–H and O–H groups in total. The molecule has 3 aromatic rings. The van der Waals surface area contributed by atoms with E-state index in [4.69, 9.17) is 21.3 Å². The number of aromatic nitrogens is 1. The predicted octanol–water partition coefficient (Wildman–Crippen LogP) is 6.07. The highest BCUT2D eigenvalue weighted by molar-refractivity contribution is 7.15. The van der Waals surface area contributed by atoms with Gasteiger partial charge in [-0.15, -0.1) is 11.3 Å². The van der Waals surface area contributed by atoms with E-state index >= 15 is 0 Å². The Balaban J connectivity index is 1.57. The number of anilines is 1. The largest absolute Gasteiger partial charge is 0.478 e. The second kappa shape index (κ2) is 9.39. The molecule has 2 aromatic carbocycles. The van der Waals surface area contributed by atoms with Gasteiger partial charge in [0.2, 0.25) is 0 Å². The lowest BCUT2D eigenvalue weighted by Crippen LogP contribution is -2.38. The van der Waals surface area contributed by atoms with Crippen molar-refractivity contribution in [3.8, 4) is 10.6 Å². The first-order chi connectivity index (χ1) is 15.0. The number of hydrogen-bond donors (Lipinski definition) is 1. The monoisotopic (exact) mass is 456 g/mol. The Kier molecular flexibility index (Phi) is 6.60. The first-order valence-corrected chi connectivity index (χ1v) is 11.5. The Morgan fingerprint density at radius 3 is 2.77 bits per heavy atom. The first-order valence-electron chi connectivity index (χ1n) is 10.3. The van der Waals surface area contributed by atoms with Crippen molar-refractivity contribution in [1.82, 2.24) is 4.98 Å². The van der Waals surface area contributed by atoms with Crippen molar-refractivity contribution in [3.05, 3.63) is 69.7 Å². The minimum atomic E-state index is -0.903. The Labute approximate surface area is 191 Å². The van der Waals surface area contributed by atoms with Crippen LogP contribution < -0.4 is 4.90 Å². The van der Waals surface area contributed by atoms with Crippen molar-refractivity contribution in [1.29, 1.82) is 0 Å². The number of benzene rings is 2. The van der Waals surface area contributed by atoms with Crippen molar-refractivity contribution in [2.75, 3.05) is 25.1 Å². The average molecular weight is 457 g/mol. The molecular weight excluding hydrogens is 432 g/mol. The number of carboxylic acid groups (broad SMARTS) is 1. The third-order valence-electron chi connectivity index (χ3n) is 5.78. The molecule has 1 aliphatic rings. The van der Waals surface area contributed by atoms with E-state index in [0.29, 0.717) is 16.5 Å². The number of hydrogen-bond acceptors (Lipinski definition) is 5. The Morgan fingerprint density at radius 2 is 2.06 bits per heavy atom. The quantitative estimate of drug-likeness (QED) is 0.487. The number of methoxy groups -OCH3 is 1. The normalized spacial score (nSPS) is 17.5. The van der Waals surface area contributed by atoms with Gasteiger partial charge in [-0.25, -0.2) is 9.78 Å². The lowest BCUT2D eigenvalue weighted by Gasteiger charge is -2.37. The fourth-order valence-electron chi connectivity index (χ4n) is 4.23. The van der Waals surface area contributed by atoms with Crippen LogP contribution >= 0.6 is 22.9 Å². The van der Waals surface area contributed by atoms with E-state index < -0.39 is 5.97 Å². The number of thiazole rings is 1. The van der Waals surface area contributed by atoms with E-state index in [-0.39, 0.29) is 6.10 Å².